The van der Waals surface area contributed by atoms with E-state index in [2.05, 4.69) is 43.9 Å². The number of fused-ring (bicyclic) bond motifs is 1. The Balaban J connectivity index is 2.29. The van der Waals surface area contributed by atoms with Crippen LogP contribution >= 0.6 is 12.0 Å². The van der Waals surface area contributed by atoms with Gasteiger partial charge in [0.05, 0.1) is 20.0 Å². The van der Waals surface area contributed by atoms with E-state index in [0.29, 0.717) is 11.8 Å². The number of hydrogen-bond acceptors (Lipinski definition) is 5. The van der Waals surface area contributed by atoms with Crippen LogP contribution in [-0.2, 0) is 24.9 Å². The van der Waals surface area contributed by atoms with E-state index in [1.165, 1.54) is 30.4 Å². The Hall–Kier alpha value is -0.560. The van der Waals surface area contributed by atoms with Gasteiger partial charge in [0.2, 0.25) is 0 Å². The minimum atomic E-state index is -1.21. The fraction of sp³-hybridized carbons (Fsp3) is 0.600. The lowest BCUT2D eigenvalue weighted by atomic mass is 9.81. The summed E-state index contributed by atoms with van der Waals surface area (Å²) in [5.74, 6) is 0.519. The smallest absolute Gasteiger partial charge is 0.156 e. The first kappa shape index (κ1) is 16.8. The summed E-state index contributed by atoms with van der Waals surface area (Å²) in [6.07, 6.45) is 0. The van der Waals surface area contributed by atoms with Gasteiger partial charge in [-0.1, -0.05) is 13.8 Å². The lowest BCUT2D eigenvalue weighted by Crippen LogP contribution is -2.40. The Morgan fingerprint density at radius 2 is 2.10 bits per heavy atom. The molecule has 0 saturated carbocycles. The van der Waals surface area contributed by atoms with Crippen molar-refractivity contribution in [2.45, 2.75) is 37.1 Å². The van der Waals surface area contributed by atoms with Crippen LogP contribution in [0.25, 0.3) is 0 Å². The van der Waals surface area contributed by atoms with Crippen LogP contribution in [-0.4, -0.2) is 36.8 Å². The number of benzene rings is 1. The van der Waals surface area contributed by atoms with Crippen molar-refractivity contribution in [2.24, 2.45) is 0 Å². The molecule has 1 aromatic rings. The summed E-state index contributed by atoms with van der Waals surface area (Å²) in [6.45, 7) is 7.46. The molecule has 6 heteroatoms. The standard InChI is InChI=1S/C15H23NO3S2/c1-11-15(2,3)13-10-12(20-18-4)6-7-14(13)16(11)8-9-21(17)19-5/h6-7,10-11H,8-9H2,1-5H3. The molecule has 1 heterocycles. The SMILES string of the molecule is COSc1ccc2c(c1)C(C)(C)C(C)N2CCS(=O)OC. The molecule has 0 fully saturated rings. The minimum Gasteiger partial charge on any atom is -0.367 e. The molecule has 0 bridgehead atoms. The third-order valence-corrected chi connectivity index (χ3v) is 5.85. The highest BCUT2D eigenvalue weighted by Crippen LogP contribution is 2.46. The van der Waals surface area contributed by atoms with Crippen LogP contribution in [0, 0.1) is 0 Å². The molecule has 21 heavy (non-hydrogen) atoms. The Kier molecular flexibility index (Phi) is 5.35. The zero-order chi connectivity index (χ0) is 15.6. The van der Waals surface area contributed by atoms with Crippen molar-refractivity contribution in [3.63, 3.8) is 0 Å². The van der Waals surface area contributed by atoms with Gasteiger partial charge in [0.25, 0.3) is 0 Å². The maximum atomic E-state index is 11.5. The van der Waals surface area contributed by atoms with Crippen molar-refractivity contribution in [1.29, 1.82) is 0 Å². The molecule has 1 aliphatic heterocycles. The van der Waals surface area contributed by atoms with Crippen LogP contribution in [0.5, 0.6) is 0 Å². The third kappa shape index (κ3) is 3.28. The van der Waals surface area contributed by atoms with Crippen LogP contribution in [0.4, 0.5) is 5.69 Å². The van der Waals surface area contributed by atoms with Crippen molar-refractivity contribution < 1.29 is 12.6 Å². The van der Waals surface area contributed by atoms with Crippen LogP contribution in [0.3, 0.4) is 0 Å². The molecule has 1 aromatic carbocycles. The van der Waals surface area contributed by atoms with Gasteiger partial charge in [0, 0.05) is 40.6 Å². The van der Waals surface area contributed by atoms with Crippen LogP contribution < -0.4 is 4.90 Å². The molecule has 4 nitrogen and oxygen atoms in total. The monoisotopic (exact) mass is 329 g/mol. The first-order valence-electron chi connectivity index (χ1n) is 6.96. The molecule has 118 valence electrons. The third-order valence-electron chi connectivity index (χ3n) is 4.35. The van der Waals surface area contributed by atoms with Gasteiger partial charge in [-0.05, 0) is 30.7 Å². The fourth-order valence-corrected chi connectivity index (χ4v) is 3.82. The van der Waals surface area contributed by atoms with Gasteiger partial charge < -0.3 is 9.08 Å². The molecule has 0 aromatic heterocycles. The van der Waals surface area contributed by atoms with Crippen molar-refractivity contribution in [3.05, 3.63) is 23.8 Å². The van der Waals surface area contributed by atoms with Gasteiger partial charge in [-0.2, -0.15) is 0 Å². The van der Waals surface area contributed by atoms with Gasteiger partial charge in [0.1, 0.15) is 0 Å². The lowest BCUT2D eigenvalue weighted by Gasteiger charge is -2.31. The molecule has 1 aliphatic rings. The zero-order valence-corrected chi connectivity index (χ0v) is 14.8. The minimum absolute atomic E-state index is 0.0498. The molecule has 0 spiro atoms. The Morgan fingerprint density at radius 1 is 1.38 bits per heavy atom. The van der Waals surface area contributed by atoms with Crippen LogP contribution in [0.15, 0.2) is 23.1 Å². The van der Waals surface area contributed by atoms with Crippen molar-refractivity contribution in [2.75, 3.05) is 31.4 Å². The molecule has 0 aliphatic carbocycles. The molecular formula is C15H23NO3S2. The topological polar surface area (TPSA) is 38.8 Å². The first-order chi connectivity index (χ1) is 9.91. The second-order valence-corrected chi connectivity index (χ2v) is 8.02. The summed E-state index contributed by atoms with van der Waals surface area (Å²) < 4.78 is 21.5. The molecular weight excluding hydrogens is 306 g/mol. The predicted octanol–water partition coefficient (Wildman–Crippen LogP) is 3.14. The highest BCUT2D eigenvalue weighted by molar-refractivity contribution is 7.94. The van der Waals surface area contributed by atoms with E-state index in [-0.39, 0.29) is 5.41 Å². The van der Waals surface area contributed by atoms with Crippen molar-refractivity contribution in [3.8, 4) is 0 Å². The molecule has 2 unspecified atom stereocenters. The highest BCUT2D eigenvalue weighted by Gasteiger charge is 2.41. The Morgan fingerprint density at radius 3 is 2.71 bits per heavy atom. The summed E-state index contributed by atoms with van der Waals surface area (Å²) in [7, 11) is 3.16. The number of hydrogen-bond donors (Lipinski definition) is 0. The Bertz CT molecular complexity index is 534. The van der Waals surface area contributed by atoms with Crippen molar-refractivity contribution >= 4 is 28.8 Å². The van der Waals surface area contributed by atoms with E-state index in [1.54, 1.807) is 7.11 Å². The van der Waals surface area contributed by atoms with E-state index in [0.717, 1.165) is 11.4 Å². The van der Waals surface area contributed by atoms with Gasteiger partial charge >= 0.3 is 0 Å². The van der Waals surface area contributed by atoms with E-state index in [1.807, 2.05) is 0 Å². The number of nitrogens with zero attached hydrogens (tertiary/aromatic N) is 1. The summed E-state index contributed by atoms with van der Waals surface area (Å²) in [5.41, 5.74) is 2.59. The first-order valence-corrected chi connectivity index (χ1v) is 8.95. The highest BCUT2D eigenvalue weighted by atomic mass is 32.2. The van der Waals surface area contributed by atoms with E-state index in [9.17, 15) is 4.21 Å². The van der Waals surface area contributed by atoms with E-state index >= 15 is 0 Å². The molecule has 0 radical (unpaired) electrons. The summed E-state index contributed by atoms with van der Waals surface area (Å²) >= 11 is 0.166. The lowest BCUT2D eigenvalue weighted by molar-refractivity contribution is 0.434. The molecule has 0 N–H and O–H groups in total. The summed E-state index contributed by atoms with van der Waals surface area (Å²) in [5, 5.41) is 0. The zero-order valence-electron chi connectivity index (χ0n) is 13.2. The normalized spacial score (nSPS) is 21.4. The van der Waals surface area contributed by atoms with Crippen molar-refractivity contribution in [1.82, 2.24) is 0 Å². The fourth-order valence-electron chi connectivity index (χ4n) is 2.82. The summed E-state index contributed by atoms with van der Waals surface area (Å²) in [6, 6.07) is 6.76. The second kappa shape index (κ2) is 6.69. The molecule has 0 amide bonds. The van der Waals surface area contributed by atoms with E-state index in [4.69, 9.17) is 8.37 Å². The average Bonchev–Trinajstić information content (AvgIpc) is 2.65. The van der Waals surface area contributed by atoms with Crippen LogP contribution in [0.1, 0.15) is 26.3 Å². The van der Waals surface area contributed by atoms with Gasteiger partial charge in [-0.15, -0.1) is 0 Å². The molecule has 2 rings (SSSR count). The largest absolute Gasteiger partial charge is 0.367 e. The second-order valence-electron chi connectivity index (χ2n) is 5.69. The number of rotatable bonds is 6. The average molecular weight is 329 g/mol. The molecule has 2 atom stereocenters. The maximum absolute atomic E-state index is 11.5. The van der Waals surface area contributed by atoms with Gasteiger partial charge in [-0.3, -0.25) is 4.18 Å². The Labute approximate surface area is 134 Å². The quantitative estimate of drug-likeness (QED) is 0.750. The molecule has 0 saturated heterocycles. The van der Waals surface area contributed by atoms with Gasteiger partial charge in [0.15, 0.2) is 11.1 Å². The predicted molar refractivity (Wildman–Crippen MR) is 89.2 cm³/mol. The maximum Gasteiger partial charge on any atom is 0.156 e. The van der Waals surface area contributed by atoms with Crippen LogP contribution in [0.2, 0.25) is 0 Å². The van der Waals surface area contributed by atoms with E-state index < -0.39 is 11.1 Å². The van der Waals surface area contributed by atoms with Gasteiger partial charge in [-0.25, -0.2) is 4.21 Å². The summed E-state index contributed by atoms with van der Waals surface area (Å²) in [4.78, 5) is 3.44. The number of anilines is 1.